The van der Waals surface area contributed by atoms with Crippen LogP contribution in [0.4, 0.5) is 0 Å². The lowest BCUT2D eigenvalue weighted by molar-refractivity contribution is 0.437. The summed E-state index contributed by atoms with van der Waals surface area (Å²) >= 11 is 0. The van der Waals surface area contributed by atoms with E-state index in [1.165, 1.54) is 9.13 Å². The molecule has 0 spiro atoms. The molecule has 3 aromatic rings. The Hall–Kier alpha value is -3.41. The SMILES string of the molecule is C=CCc1ccccc1-n1c(C)c(O)n(-c2ccc(C(C)N=O)cc2)c1=O. The number of para-hydroxylation sites is 1. The normalized spacial score (nSPS) is 11.9. The first-order chi connectivity index (χ1) is 13.0. The topological polar surface area (TPSA) is 76.6 Å². The van der Waals surface area contributed by atoms with Crippen molar-refractivity contribution in [1.82, 2.24) is 9.13 Å². The van der Waals surface area contributed by atoms with Gasteiger partial charge in [0, 0.05) is 0 Å². The van der Waals surface area contributed by atoms with Gasteiger partial charge in [-0.15, -0.1) is 6.58 Å². The van der Waals surface area contributed by atoms with E-state index >= 15 is 0 Å². The number of hydrogen-bond acceptors (Lipinski definition) is 4. The summed E-state index contributed by atoms with van der Waals surface area (Å²) < 4.78 is 2.75. The number of nitrogens with zero attached hydrogens (tertiary/aromatic N) is 3. The summed E-state index contributed by atoms with van der Waals surface area (Å²) in [6.07, 6.45) is 2.39. The number of hydrogen-bond donors (Lipinski definition) is 1. The van der Waals surface area contributed by atoms with E-state index < -0.39 is 6.04 Å². The second-order valence-electron chi connectivity index (χ2n) is 6.36. The molecule has 0 fully saturated rings. The Bertz CT molecular complexity index is 1050. The van der Waals surface area contributed by atoms with Gasteiger partial charge in [0.25, 0.3) is 0 Å². The van der Waals surface area contributed by atoms with Crippen molar-refractivity contribution >= 4 is 0 Å². The second kappa shape index (κ2) is 7.45. The number of aromatic nitrogens is 2. The van der Waals surface area contributed by atoms with Crippen molar-refractivity contribution in [2.45, 2.75) is 26.3 Å². The molecule has 1 heterocycles. The molecular formula is C21H21N3O3. The van der Waals surface area contributed by atoms with E-state index in [9.17, 15) is 14.8 Å². The largest absolute Gasteiger partial charge is 0.493 e. The fourth-order valence-corrected chi connectivity index (χ4v) is 3.13. The Kier molecular flexibility index (Phi) is 5.07. The van der Waals surface area contributed by atoms with Crippen molar-refractivity contribution in [3.8, 4) is 17.3 Å². The van der Waals surface area contributed by atoms with Gasteiger partial charge in [0.15, 0.2) is 0 Å². The number of benzene rings is 2. The standard InChI is InChI=1S/C21H21N3O3/c1-4-7-17-8-5-6-9-19(17)23-15(3)20(25)24(21(23)26)18-12-10-16(11-13-18)14(2)22-27/h4-6,8-14,25H,1,7H2,2-3H3. The summed E-state index contributed by atoms with van der Waals surface area (Å²) in [4.78, 5) is 23.8. The van der Waals surface area contributed by atoms with E-state index in [0.717, 1.165) is 11.1 Å². The molecule has 0 saturated carbocycles. The molecule has 0 aliphatic rings. The van der Waals surface area contributed by atoms with Gasteiger partial charge in [-0.1, -0.05) is 41.6 Å². The number of rotatable bonds is 6. The molecule has 138 valence electrons. The number of allylic oxidation sites excluding steroid dienone is 1. The van der Waals surface area contributed by atoms with Gasteiger partial charge in [-0.05, 0) is 49.6 Å². The summed E-state index contributed by atoms with van der Waals surface area (Å²) in [6, 6.07) is 13.9. The Labute approximate surface area is 157 Å². The predicted octanol–water partition coefficient (Wildman–Crippen LogP) is 4.20. The smallest absolute Gasteiger partial charge is 0.340 e. The number of aromatic hydroxyl groups is 1. The maximum atomic E-state index is 13.1. The second-order valence-corrected chi connectivity index (χ2v) is 6.36. The fraction of sp³-hybridized carbons (Fsp3) is 0.190. The van der Waals surface area contributed by atoms with Crippen LogP contribution in [0.5, 0.6) is 5.88 Å². The third-order valence-electron chi connectivity index (χ3n) is 4.64. The van der Waals surface area contributed by atoms with Crippen LogP contribution >= 0.6 is 0 Å². The minimum Gasteiger partial charge on any atom is -0.493 e. The molecule has 6 nitrogen and oxygen atoms in total. The van der Waals surface area contributed by atoms with Gasteiger partial charge >= 0.3 is 5.69 Å². The van der Waals surface area contributed by atoms with Crippen LogP contribution in [-0.4, -0.2) is 14.2 Å². The van der Waals surface area contributed by atoms with Crippen molar-refractivity contribution < 1.29 is 5.11 Å². The zero-order chi connectivity index (χ0) is 19.6. The van der Waals surface area contributed by atoms with Crippen molar-refractivity contribution in [3.63, 3.8) is 0 Å². The molecule has 0 amide bonds. The van der Waals surface area contributed by atoms with Crippen LogP contribution in [0.25, 0.3) is 11.4 Å². The van der Waals surface area contributed by atoms with Crippen LogP contribution < -0.4 is 5.69 Å². The molecular weight excluding hydrogens is 342 g/mol. The van der Waals surface area contributed by atoms with Gasteiger partial charge in [0.05, 0.1) is 17.1 Å². The lowest BCUT2D eigenvalue weighted by atomic mass is 10.1. The van der Waals surface area contributed by atoms with Gasteiger partial charge in [-0.3, -0.25) is 4.57 Å². The van der Waals surface area contributed by atoms with E-state index in [-0.39, 0.29) is 11.6 Å². The third kappa shape index (κ3) is 3.21. The average Bonchev–Trinajstić information content (AvgIpc) is 2.91. The average molecular weight is 363 g/mol. The molecule has 0 aliphatic heterocycles. The van der Waals surface area contributed by atoms with Crippen molar-refractivity contribution in [3.05, 3.63) is 93.4 Å². The summed E-state index contributed by atoms with van der Waals surface area (Å²) in [5.74, 6) is -0.122. The van der Waals surface area contributed by atoms with Crippen molar-refractivity contribution in [2.24, 2.45) is 5.18 Å². The van der Waals surface area contributed by atoms with Gasteiger partial charge in [0.2, 0.25) is 5.88 Å². The van der Waals surface area contributed by atoms with E-state index in [2.05, 4.69) is 11.8 Å². The Balaban J connectivity index is 2.16. The van der Waals surface area contributed by atoms with Crippen LogP contribution in [-0.2, 0) is 6.42 Å². The van der Waals surface area contributed by atoms with Crippen LogP contribution in [0.3, 0.4) is 0 Å². The molecule has 27 heavy (non-hydrogen) atoms. The van der Waals surface area contributed by atoms with Crippen LogP contribution in [0.15, 0.2) is 71.2 Å². The minimum absolute atomic E-state index is 0.122. The molecule has 1 N–H and O–H groups in total. The van der Waals surface area contributed by atoms with E-state index in [4.69, 9.17) is 0 Å². The highest BCUT2D eigenvalue weighted by molar-refractivity contribution is 5.48. The number of imidazole rings is 1. The maximum Gasteiger partial charge on any atom is 0.340 e. The molecule has 3 rings (SSSR count). The third-order valence-corrected chi connectivity index (χ3v) is 4.64. The monoisotopic (exact) mass is 363 g/mol. The highest BCUT2D eigenvalue weighted by Crippen LogP contribution is 2.25. The molecule has 6 heteroatoms. The number of nitroso groups, excluding NO2 is 1. The first kappa shape index (κ1) is 18.4. The van der Waals surface area contributed by atoms with Crippen LogP contribution in [0.1, 0.15) is 29.8 Å². The quantitative estimate of drug-likeness (QED) is 0.527. The summed E-state index contributed by atoms with van der Waals surface area (Å²) in [6.45, 7) is 7.16. The Morgan fingerprint density at radius 2 is 1.81 bits per heavy atom. The first-order valence-electron chi connectivity index (χ1n) is 8.64. The van der Waals surface area contributed by atoms with Gasteiger partial charge in [0.1, 0.15) is 6.04 Å². The summed E-state index contributed by atoms with van der Waals surface area (Å²) in [7, 11) is 0. The van der Waals surface area contributed by atoms with E-state index in [1.54, 1.807) is 44.2 Å². The highest BCUT2D eigenvalue weighted by Gasteiger charge is 2.20. The van der Waals surface area contributed by atoms with Crippen LogP contribution in [0.2, 0.25) is 0 Å². The molecule has 0 aliphatic carbocycles. The maximum absolute atomic E-state index is 13.1. The predicted molar refractivity (Wildman–Crippen MR) is 106 cm³/mol. The van der Waals surface area contributed by atoms with Gasteiger partial charge in [-0.25, -0.2) is 9.36 Å². The lowest BCUT2D eigenvalue weighted by Gasteiger charge is -2.09. The highest BCUT2D eigenvalue weighted by atomic mass is 16.3. The first-order valence-corrected chi connectivity index (χ1v) is 8.64. The molecule has 0 bridgehead atoms. The minimum atomic E-state index is -0.471. The lowest BCUT2D eigenvalue weighted by Crippen LogP contribution is -2.23. The van der Waals surface area contributed by atoms with Gasteiger partial charge in [-0.2, -0.15) is 4.91 Å². The molecule has 1 unspecified atom stereocenters. The molecule has 0 saturated heterocycles. The summed E-state index contributed by atoms with van der Waals surface area (Å²) in [5, 5.41) is 13.6. The molecule has 0 radical (unpaired) electrons. The van der Waals surface area contributed by atoms with Gasteiger partial charge < -0.3 is 5.11 Å². The zero-order valence-electron chi connectivity index (χ0n) is 15.3. The van der Waals surface area contributed by atoms with E-state index in [0.29, 0.717) is 23.5 Å². The molecule has 2 aromatic carbocycles. The Morgan fingerprint density at radius 3 is 2.44 bits per heavy atom. The van der Waals surface area contributed by atoms with Crippen molar-refractivity contribution in [2.75, 3.05) is 0 Å². The van der Waals surface area contributed by atoms with E-state index in [1.807, 2.05) is 24.3 Å². The van der Waals surface area contributed by atoms with Crippen LogP contribution in [0, 0.1) is 11.8 Å². The molecule has 1 aromatic heterocycles. The van der Waals surface area contributed by atoms with Crippen molar-refractivity contribution in [1.29, 1.82) is 0 Å². The molecule has 1 atom stereocenters. The summed E-state index contributed by atoms with van der Waals surface area (Å²) in [5.41, 5.74) is 3.00. The zero-order valence-corrected chi connectivity index (χ0v) is 15.3. The Morgan fingerprint density at radius 1 is 1.15 bits per heavy atom. The fourth-order valence-electron chi connectivity index (χ4n) is 3.13.